The number of rotatable bonds is 4. The van der Waals surface area contributed by atoms with Crippen LogP contribution in [0, 0.1) is 0 Å². The van der Waals surface area contributed by atoms with E-state index in [0.29, 0.717) is 11.5 Å². The second kappa shape index (κ2) is 6.10. The van der Waals surface area contributed by atoms with E-state index in [4.69, 9.17) is 14.1 Å². The highest BCUT2D eigenvalue weighted by atomic mass is 16.7. The van der Waals surface area contributed by atoms with Gasteiger partial charge in [-0.3, -0.25) is 9.63 Å². The first-order valence-corrected chi connectivity index (χ1v) is 7.00. The predicted octanol–water partition coefficient (Wildman–Crippen LogP) is 3.14. The van der Waals surface area contributed by atoms with Crippen LogP contribution in [0.25, 0.3) is 22.1 Å². The van der Waals surface area contributed by atoms with Crippen LogP contribution in [0.15, 0.2) is 47.0 Å². The van der Waals surface area contributed by atoms with Gasteiger partial charge < -0.3 is 9.26 Å². The first kappa shape index (κ1) is 15.1. The second-order valence-electron chi connectivity index (χ2n) is 4.93. The summed E-state index contributed by atoms with van der Waals surface area (Å²) in [6.45, 7) is 0. The summed E-state index contributed by atoms with van der Waals surface area (Å²) in [5.74, 6) is 0.751. The molecule has 23 heavy (non-hydrogen) atoms. The highest BCUT2D eigenvalue weighted by Crippen LogP contribution is 2.36. The van der Waals surface area contributed by atoms with E-state index in [-0.39, 0.29) is 11.6 Å². The maximum absolute atomic E-state index is 12.0. The van der Waals surface area contributed by atoms with E-state index < -0.39 is 0 Å². The van der Waals surface area contributed by atoms with E-state index in [1.165, 1.54) is 14.2 Å². The van der Waals surface area contributed by atoms with Crippen LogP contribution in [0.3, 0.4) is 0 Å². The Balaban J connectivity index is 2.07. The van der Waals surface area contributed by atoms with Crippen molar-refractivity contribution in [1.82, 2.24) is 10.2 Å². The third-order valence-corrected chi connectivity index (χ3v) is 3.64. The Morgan fingerprint density at radius 3 is 2.70 bits per heavy atom. The molecule has 0 radical (unpaired) electrons. The van der Waals surface area contributed by atoms with Gasteiger partial charge in [-0.05, 0) is 11.5 Å². The number of carbonyl (C=O) groups excluding carboxylic acids is 1. The molecule has 0 aliphatic rings. The average molecular weight is 312 g/mol. The van der Waals surface area contributed by atoms with Crippen LogP contribution in [0.1, 0.15) is 10.5 Å². The van der Waals surface area contributed by atoms with Crippen molar-refractivity contribution in [3.05, 3.63) is 48.2 Å². The molecule has 1 amide bonds. The molecule has 1 heterocycles. The lowest BCUT2D eigenvalue weighted by molar-refractivity contribution is -0.0762. The number of hydrogen-bond donors (Lipinski definition) is 0. The number of nitrogens with zero attached hydrogens (tertiary/aromatic N) is 2. The summed E-state index contributed by atoms with van der Waals surface area (Å²) in [6.07, 6.45) is 0. The van der Waals surface area contributed by atoms with Gasteiger partial charge in [0.1, 0.15) is 5.75 Å². The molecular weight excluding hydrogens is 296 g/mol. The summed E-state index contributed by atoms with van der Waals surface area (Å²) in [4.78, 5) is 16.9. The van der Waals surface area contributed by atoms with Gasteiger partial charge in [0, 0.05) is 18.5 Å². The minimum atomic E-state index is -0.387. The monoisotopic (exact) mass is 312 g/mol. The fraction of sp³-hybridized carbons (Fsp3) is 0.176. The van der Waals surface area contributed by atoms with E-state index in [2.05, 4.69) is 5.16 Å². The van der Waals surface area contributed by atoms with Gasteiger partial charge >= 0.3 is 0 Å². The first-order valence-electron chi connectivity index (χ1n) is 7.00. The molecule has 0 N–H and O–H groups in total. The molecule has 0 bridgehead atoms. The van der Waals surface area contributed by atoms with Crippen molar-refractivity contribution < 1.29 is 18.9 Å². The van der Waals surface area contributed by atoms with Gasteiger partial charge in [0.2, 0.25) is 0 Å². The van der Waals surface area contributed by atoms with Crippen molar-refractivity contribution in [3.8, 4) is 17.1 Å². The van der Waals surface area contributed by atoms with Crippen molar-refractivity contribution >= 4 is 16.7 Å². The largest absolute Gasteiger partial charge is 0.495 e. The first-order chi connectivity index (χ1) is 11.2. The van der Waals surface area contributed by atoms with Gasteiger partial charge in [-0.1, -0.05) is 35.5 Å². The summed E-state index contributed by atoms with van der Waals surface area (Å²) >= 11 is 0. The zero-order valence-corrected chi connectivity index (χ0v) is 13.1. The molecule has 0 aliphatic carbocycles. The van der Waals surface area contributed by atoms with Crippen molar-refractivity contribution in [2.24, 2.45) is 0 Å². The smallest absolute Gasteiger partial charge is 0.299 e. The van der Waals surface area contributed by atoms with Crippen LogP contribution in [-0.4, -0.2) is 37.4 Å². The predicted molar refractivity (Wildman–Crippen MR) is 85.1 cm³/mol. The van der Waals surface area contributed by atoms with Gasteiger partial charge in [0.15, 0.2) is 11.5 Å². The standard InChI is InChI=1S/C17H16N2O4/c1-19(22-3)17(20)14-10-15(23-18-14)13-9-8-11-6-4-5-7-12(11)16(13)21-2/h4-10H,1-3H3. The number of aromatic nitrogens is 1. The summed E-state index contributed by atoms with van der Waals surface area (Å²) < 4.78 is 10.9. The minimum Gasteiger partial charge on any atom is -0.495 e. The maximum atomic E-state index is 12.0. The number of carbonyl (C=O) groups is 1. The van der Waals surface area contributed by atoms with Crippen molar-refractivity contribution in [2.75, 3.05) is 21.3 Å². The number of fused-ring (bicyclic) bond motifs is 1. The third kappa shape index (κ3) is 2.64. The summed E-state index contributed by atoms with van der Waals surface area (Å²) in [7, 11) is 4.52. The fourth-order valence-corrected chi connectivity index (χ4v) is 2.40. The molecular formula is C17H16N2O4. The molecule has 0 atom stereocenters. The van der Waals surface area contributed by atoms with Crippen LogP contribution in [0.5, 0.6) is 5.75 Å². The quantitative estimate of drug-likeness (QED) is 0.692. The summed E-state index contributed by atoms with van der Waals surface area (Å²) in [5.41, 5.74) is 0.900. The second-order valence-corrected chi connectivity index (χ2v) is 4.93. The molecule has 1 aromatic heterocycles. The van der Waals surface area contributed by atoms with Gasteiger partial charge in [0.25, 0.3) is 5.91 Å². The Hall–Kier alpha value is -2.86. The van der Waals surface area contributed by atoms with Gasteiger partial charge in [-0.2, -0.15) is 0 Å². The minimum absolute atomic E-state index is 0.166. The molecule has 6 nitrogen and oxygen atoms in total. The lowest BCUT2D eigenvalue weighted by Gasteiger charge is -2.10. The summed E-state index contributed by atoms with van der Waals surface area (Å²) in [6, 6.07) is 13.3. The van der Waals surface area contributed by atoms with Gasteiger partial charge in [-0.25, -0.2) is 5.06 Å². The van der Waals surface area contributed by atoms with Crippen LogP contribution in [0.2, 0.25) is 0 Å². The van der Waals surface area contributed by atoms with E-state index in [1.807, 2.05) is 36.4 Å². The van der Waals surface area contributed by atoms with E-state index >= 15 is 0 Å². The molecule has 0 saturated heterocycles. The molecule has 0 unspecified atom stereocenters. The Morgan fingerprint density at radius 2 is 1.96 bits per heavy atom. The van der Waals surface area contributed by atoms with Gasteiger partial charge in [-0.15, -0.1) is 0 Å². The number of hydroxylamine groups is 2. The van der Waals surface area contributed by atoms with Crippen LogP contribution in [-0.2, 0) is 4.84 Å². The highest BCUT2D eigenvalue weighted by Gasteiger charge is 2.20. The maximum Gasteiger partial charge on any atom is 0.299 e. The fourth-order valence-electron chi connectivity index (χ4n) is 2.40. The number of ether oxygens (including phenoxy) is 1. The average Bonchev–Trinajstić information content (AvgIpc) is 3.09. The highest BCUT2D eigenvalue weighted by molar-refractivity contribution is 5.96. The van der Waals surface area contributed by atoms with E-state index in [9.17, 15) is 4.79 Å². The molecule has 0 spiro atoms. The molecule has 6 heteroatoms. The molecule has 118 valence electrons. The third-order valence-electron chi connectivity index (χ3n) is 3.64. The topological polar surface area (TPSA) is 64.8 Å². The zero-order valence-electron chi connectivity index (χ0n) is 13.1. The SMILES string of the molecule is COc1c(-c2cc(C(=O)N(C)OC)no2)ccc2ccccc12. The molecule has 0 saturated carbocycles. The molecule has 3 aromatic rings. The Bertz CT molecular complexity index is 857. The number of benzene rings is 2. The van der Waals surface area contributed by atoms with Crippen molar-refractivity contribution in [2.45, 2.75) is 0 Å². The number of methoxy groups -OCH3 is 1. The van der Waals surface area contributed by atoms with Crippen molar-refractivity contribution in [1.29, 1.82) is 0 Å². The van der Waals surface area contributed by atoms with Crippen LogP contribution >= 0.6 is 0 Å². The lowest BCUT2D eigenvalue weighted by atomic mass is 10.0. The van der Waals surface area contributed by atoms with Crippen LogP contribution < -0.4 is 4.74 Å². The Kier molecular flexibility index (Phi) is 3.99. The molecule has 0 aliphatic heterocycles. The molecule has 2 aromatic carbocycles. The van der Waals surface area contributed by atoms with Crippen molar-refractivity contribution in [3.63, 3.8) is 0 Å². The van der Waals surface area contributed by atoms with E-state index in [0.717, 1.165) is 21.4 Å². The van der Waals surface area contributed by atoms with E-state index in [1.54, 1.807) is 13.2 Å². The normalized spacial score (nSPS) is 10.7. The number of amides is 1. The van der Waals surface area contributed by atoms with Crippen LogP contribution in [0.4, 0.5) is 0 Å². The zero-order chi connectivity index (χ0) is 16.4. The Morgan fingerprint density at radius 1 is 1.17 bits per heavy atom. The van der Waals surface area contributed by atoms with Gasteiger partial charge in [0.05, 0.1) is 19.8 Å². The molecule has 3 rings (SSSR count). The summed E-state index contributed by atoms with van der Waals surface area (Å²) in [5, 5.41) is 6.92. The lowest BCUT2D eigenvalue weighted by Crippen LogP contribution is -2.25. The Labute approximate surface area is 133 Å². The molecule has 0 fully saturated rings. The number of hydrogen-bond acceptors (Lipinski definition) is 5.